The lowest BCUT2D eigenvalue weighted by Crippen LogP contribution is -2.65. The molecule has 0 heterocycles. The van der Waals surface area contributed by atoms with Crippen LogP contribution in [-0.2, 0) is 9.63 Å². The van der Waals surface area contributed by atoms with Gasteiger partial charge >= 0.3 is 0 Å². The van der Waals surface area contributed by atoms with E-state index in [1.165, 1.54) is 0 Å². The fourth-order valence-electron chi connectivity index (χ4n) is 7.61. The lowest BCUT2D eigenvalue weighted by atomic mass is 9.41. The van der Waals surface area contributed by atoms with Crippen LogP contribution >= 0.6 is 0 Å². The van der Waals surface area contributed by atoms with E-state index in [4.69, 9.17) is 4.84 Å². The monoisotopic (exact) mass is 390 g/mol. The first kappa shape index (κ1) is 20.3. The van der Waals surface area contributed by atoms with Gasteiger partial charge in [-0.05, 0) is 69.2 Å². The molecule has 0 spiro atoms. The summed E-state index contributed by atoms with van der Waals surface area (Å²) in [5.74, 6) is 2.33. The highest BCUT2D eigenvalue weighted by atomic mass is 16.6. The Labute approximate surface area is 169 Å². The van der Waals surface area contributed by atoms with Gasteiger partial charge in [-0.15, -0.1) is 0 Å². The van der Waals surface area contributed by atoms with E-state index in [1.54, 1.807) is 0 Å². The Bertz CT molecular complexity index is 664. The SMILES string of the molecule is CNCCO/N=C1/CC[C@]2(C)[C@H]3CC[C@]4(C)C(=O)CC[C@H]4[C@@H]3C[C@H](C)[C@@]2(O)C1. The van der Waals surface area contributed by atoms with Crippen molar-refractivity contribution in [3.63, 3.8) is 0 Å². The zero-order chi connectivity index (χ0) is 20.2. The van der Waals surface area contributed by atoms with Gasteiger partial charge in [0.2, 0.25) is 0 Å². The predicted molar refractivity (Wildman–Crippen MR) is 110 cm³/mol. The summed E-state index contributed by atoms with van der Waals surface area (Å²) in [5.41, 5.74) is 0.105. The topological polar surface area (TPSA) is 70.9 Å². The molecule has 5 heteroatoms. The number of carbonyl (C=O) groups is 1. The molecule has 0 saturated heterocycles. The van der Waals surface area contributed by atoms with Gasteiger partial charge in [0.05, 0.1) is 11.3 Å². The second-order valence-corrected chi connectivity index (χ2v) is 10.5. The van der Waals surface area contributed by atoms with Crippen molar-refractivity contribution in [1.29, 1.82) is 0 Å². The second kappa shape index (κ2) is 7.09. The summed E-state index contributed by atoms with van der Waals surface area (Å²) in [5, 5.41) is 19.4. The number of aliphatic hydroxyl groups is 1. The Morgan fingerprint density at radius 3 is 2.75 bits per heavy atom. The Hall–Kier alpha value is -0.940. The number of nitrogens with one attached hydrogen (secondary N) is 1. The van der Waals surface area contributed by atoms with Crippen LogP contribution < -0.4 is 5.32 Å². The molecule has 4 rings (SSSR count). The van der Waals surface area contributed by atoms with E-state index in [0.29, 0.717) is 36.6 Å². The van der Waals surface area contributed by atoms with Crippen molar-refractivity contribution in [3.05, 3.63) is 0 Å². The number of nitrogens with zero attached hydrogens (tertiary/aromatic N) is 1. The zero-order valence-electron chi connectivity index (χ0n) is 18.1. The van der Waals surface area contributed by atoms with Crippen LogP contribution in [0.4, 0.5) is 0 Å². The normalized spacial score (nSPS) is 49.5. The second-order valence-electron chi connectivity index (χ2n) is 10.5. The van der Waals surface area contributed by atoms with Crippen molar-refractivity contribution in [2.75, 3.05) is 20.2 Å². The maximum atomic E-state index is 12.6. The third kappa shape index (κ3) is 2.79. The van der Waals surface area contributed by atoms with E-state index in [-0.39, 0.29) is 16.7 Å². The van der Waals surface area contributed by atoms with Gasteiger partial charge in [0.25, 0.3) is 0 Å². The molecular formula is C23H38N2O3. The molecule has 2 N–H and O–H groups in total. The first-order valence-corrected chi connectivity index (χ1v) is 11.3. The molecule has 0 aliphatic heterocycles. The van der Waals surface area contributed by atoms with Crippen molar-refractivity contribution >= 4 is 11.5 Å². The van der Waals surface area contributed by atoms with Gasteiger partial charge in [0.1, 0.15) is 12.4 Å². The molecule has 4 saturated carbocycles. The summed E-state index contributed by atoms with van der Waals surface area (Å²) >= 11 is 0. The first-order valence-electron chi connectivity index (χ1n) is 11.3. The number of hydrogen-bond donors (Lipinski definition) is 2. The van der Waals surface area contributed by atoms with E-state index in [2.05, 4.69) is 31.2 Å². The van der Waals surface area contributed by atoms with Gasteiger partial charge in [-0.25, -0.2) is 0 Å². The van der Waals surface area contributed by atoms with E-state index in [1.807, 2.05) is 7.05 Å². The molecule has 4 aliphatic rings. The quantitative estimate of drug-likeness (QED) is 0.569. The Kier molecular flexibility index (Phi) is 5.15. The molecule has 4 fully saturated rings. The lowest BCUT2D eigenvalue weighted by Gasteiger charge is -2.65. The van der Waals surface area contributed by atoms with Gasteiger partial charge in [0, 0.05) is 30.2 Å². The van der Waals surface area contributed by atoms with Crippen LogP contribution in [0.1, 0.15) is 72.1 Å². The highest BCUT2D eigenvalue weighted by Gasteiger charge is 2.66. The molecular weight excluding hydrogens is 352 g/mol. The number of rotatable bonds is 4. The fourth-order valence-corrected chi connectivity index (χ4v) is 7.61. The summed E-state index contributed by atoms with van der Waals surface area (Å²) < 4.78 is 0. The van der Waals surface area contributed by atoms with Crippen LogP contribution in [0.25, 0.3) is 0 Å². The molecule has 7 atom stereocenters. The minimum absolute atomic E-state index is 0.0910. The molecule has 4 aliphatic carbocycles. The molecule has 5 nitrogen and oxygen atoms in total. The number of hydrogen-bond acceptors (Lipinski definition) is 5. The standard InChI is InChI=1S/C23H38N2O3/c1-15-13-17-18-5-6-20(26)21(18,2)9-8-19(17)22(3)10-7-16(14-23(15,22)27)25-28-12-11-24-4/h15,17-19,24,27H,5-14H2,1-4H3/b25-16-/t15-,17-,18-,19-,21-,22+,23-/m0/s1. The summed E-state index contributed by atoms with van der Waals surface area (Å²) in [6.45, 7) is 8.12. The smallest absolute Gasteiger partial charge is 0.139 e. The van der Waals surface area contributed by atoms with E-state index in [9.17, 15) is 9.90 Å². The van der Waals surface area contributed by atoms with Crippen molar-refractivity contribution < 1.29 is 14.7 Å². The minimum Gasteiger partial charge on any atom is -0.394 e. The molecule has 158 valence electrons. The molecule has 0 unspecified atom stereocenters. The van der Waals surface area contributed by atoms with Crippen LogP contribution in [0.15, 0.2) is 5.16 Å². The van der Waals surface area contributed by atoms with Crippen LogP contribution in [0.5, 0.6) is 0 Å². The lowest BCUT2D eigenvalue weighted by molar-refractivity contribution is -0.214. The minimum atomic E-state index is -0.714. The average molecular weight is 391 g/mol. The van der Waals surface area contributed by atoms with E-state index < -0.39 is 5.60 Å². The highest BCUT2D eigenvalue weighted by molar-refractivity contribution is 5.87. The zero-order valence-corrected chi connectivity index (χ0v) is 18.1. The molecule has 0 radical (unpaired) electrons. The van der Waals surface area contributed by atoms with E-state index >= 15 is 0 Å². The van der Waals surface area contributed by atoms with Crippen molar-refractivity contribution in [2.24, 2.45) is 39.7 Å². The number of fused-ring (bicyclic) bond motifs is 5. The number of Topliss-reactive ketones (excluding diaryl/α,β-unsaturated/α-hetero) is 1. The maximum Gasteiger partial charge on any atom is 0.139 e. The molecule has 0 bridgehead atoms. The number of likely N-dealkylation sites (N-methyl/N-ethyl adjacent to an activating group) is 1. The van der Waals surface area contributed by atoms with Crippen molar-refractivity contribution in [3.8, 4) is 0 Å². The highest BCUT2D eigenvalue weighted by Crippen LogP contribution is 2.67. The van der Waals surface area contributed by atoms with Gasteiger partial charge in [0.15, 0.2) is 0 Å². The first-order chi connectivity index (χ1) is 13.3. The predicted octanol–water partition coefficient (Wildman–Crippen LogP) is 3.55. The summed E-state index contributed by atoms with van der Waals surface area (Å²) in [7, 11) is 1.90. The van der Waals surface area contributed by atoms with Crippen molar-refractivity contribution in [1.82, 2.24) is 5.32 Å². The molecule has 0 aromatic rings. The van der Waals surface area contributed by atoms with Gasteiger partial charge in [-0.1, -0.05) is 25.9 Å². The maximum absolute atomic E-state index is 12.6. The molecule has 0 aromatic heterocycles. The largest absolute Gasteiger partial charge is 0.394 e. The Morgan fingerprint density at radius 1 is 1.21 bits per heavy atom. The molecule has 28 heavy (non-hydrogen) atoms. The average Bonchev–Trinajstić information content (AvgIpc) is 2.96. The molecule has 0 aromatic carbocycles. The van der Waals surface area contributed by atoms with Crippen LogP contribution in [0, 0.1) is 34.5 Å². The van der Waals surface area contributed by atoms with Gasteiger partial charge in [-0.3, -0.25) is 4.79 Å². The van der Waals surface area contributed by atoms with Gasteiger partial charge in [-0.2, -0.15) is 0 Å². The van der Waals surface area contributed by atoms with Crippen molar-refractivity contribution in [2.45, 2.75) is 77.7 Å². The van der Waals surface area contributed by atoms with Gasteiger partial charge < -0.3 is 15.3 Å². The third-order valence-electron chi connectivity index (χ3n) is 9.44. The summed E-state index contributed by atoms with van der Waals surface area (Å²) in [6.07, 6.45) is 7.47. The Morgan fingerprint density at radius 2 is 2.00 bits per heavy atom. The Balaban J connectivity index is 1.57. The third-order valence-corrected chi connectivity index (χ3v) is 9.44. The number of carbonyl (C=O) groups excluding carboxylic acids is 1. The number of oxime groups is 1. The van der Waals surface area contributed by atoms with E-state index in [0.717, 1.165) is 57.2 Å². The number of ketones is 1. The molecule has 0 amide bonds. The van der Waals surface area contributed by atoms with Crippen LogP contribution in [-0.4, -0.2) is 42.4 Å². The fraction of sp³-hybridized carbons (Fsp3) is 0.913. The van der Waals surface area contributed by atoms with Crippen LogP contribution in [0.2, 0.25) is 0 Å². The summed E-state index contributed by atoms with van der Waals surface area (Å²) in [4.78, 5) is 18.1. The summed E-state index contributed by atoms with van der Waals surface area (Å²) in [6, 6.07) is 0. The van der Waals surface area contributed by atoms with Crippen LogP contribution in [0.3, 0.4) is 0 Å².